The summed E-state index contributed by atoms with van der Waals surface area (Å²) in [6.07, 6.45) is 0. The van der Waals surface area contributed by atoms with Crippen LogP contribution in [-0.4, -0.2) is 24.7 Å². The van der Waals surface area contributed by atoms with Crippen LogP contribution in [0.1, 0.15) is 24.0 Å². The summed E-state index contributed by atoms with van der Waals surface area (Å²) in [7, 11) is 1.63. The van der Waals surface area contributed by atoms with Crippen molar-refractivity contribution in [1.82, 2.24) is 10.6 Å². The van der Waals surface area contributed by atoms with Gasteiger partial charge in [-0.2, -0.15) is 0 Å². The molecule has 2 rings (SSSR count). The van der Waals surface area contributed by atoms with Crippen LogP contribution >= 0.6 is 39.9 Å². The lowest BCUT2D eigenvalue weighted by molar-refractivity contribution is 0.0378. The van der Waals surface area contributed by atoms with E-state index in [0.29, 0.717) is 18.3 Å². The minimum absolute atomic E-state index is 0. The van der Waals surface area contributed by atoms with Crippen molar-refractivity contribution >= 4 is 45.9 Å². The number of aryl methyl sites for hydroxylation is 1. The first kappa shape index (κ1) is 21.9. The Kier molecular flexibility index (Phi) is 8.36. The van der Waals surface area contributed by atoms with Gasteiger partial charge in [0.2, 0.25) is 0 Å². The first-order valence-electron chi connectivity index (χ1n) is 7.49. The monoisotopic (exact) mass is 525 g/mol. The van der Waals surface area contributed by atoms with Crippen molar-refractivity contribution in [2.24, 2.45) is 4.99 Å². The van der Waals surface area contributed by atoms with E-state index in [-0.39, 0.29) is 36.3 Å². The zero-order valence-corrected chi connectivity index (χ0v) is 18.2. The van der Waals surface area contributed by atoms with E-state index >= 15 is 0 Å². The van der Waals surface area contributed by atoms with Crippen LogP contribution in [-0.2, 0) is 12.1 Å². The van der Waals surface area contributed by atoms with Crippen molar-refractivity contribution in [2.45, 2.75) is 26.0 Å². The third kappa shape index (κ3) is 6.27. The third-order valence-corrected chi connectivity index (χ3v) is 4.32. The van der Waals surface area contributed by atoms with Crippen LogP contribution in [0, 0.1) is 12.7 Å². The van der Waals surface area contributed by atoms with E-state index in [9.17, 15) is 9.50 Å². The summed E-state index contributed by atoms with van der Waals surface area (Å²) in [6, 6.07) is 8.05. The molecule has 1 aromatic heterocycles. The van der Waals surface area contributed by atoms with Crippen LogP contribution in [0.15, 0.2) is 44.2 Å². The van der Waals surface area contributed by atoms with Crippen LogP contribution in [0.3, 0.4) is 0 Å². The predicted octanol–water partition coefficient (Wildman–Crippen LogP) is 3.68. The molecule has 25 heavy (non-hydrogen) atoms. The molecule has 0 aliphatic carbocycles. The highest BCUT2D eigenvalue weighted by Gasteiger charge is 2.27. The van der Waals surface area contributed by atoms with Gasteiger partial charge in [-0.3, -0.25) is 4.99 Å². The minimum Gasteiger partial charge on any atom is -0.463 e. The van der Waals surface area contributed by atoms with Crippen molar-refractivity contribution in [3.8, 4) is 0 Å². The van der Waals surface area contributed by atoms with Gasteiger partial charge in [0.25, 0.3) is 0 Å². The smallest absolute Gasteiger partial charge is 0.191 e. The van der Waals surface area contributed by atoms with Crippen LogP contribution < -0.4 is 10.6 Å². The van der Waals surface area contributed by atoms with E-state index in [2.05, 4.69) is 31.6 Å². The minimum atomic E-state index is -1.18. The maximum absolute atomic E-state index is 13.3. The molecule has 0 spiro atoms. The molecule has 1 atom stereocenters. The quantitative estimate of drug-likeness (QED) is 0.316. The molecule has 0 radical (unpaired) electrons. The lowest BCUT2D eigenvalue weighted by Crippen LogP contribution is -2.44. The summed E-state index contributed by atoms with van der Waals surface area (Å²) in [4.78, 5) is 4.10. The molecule has 0 saturated carbocycles. The molecule has 3 N–H and O–H groups in total. The van der Waals surface area contributed by atoms with Gasteiger partial charge in [-0.05, 0) is 49.7 Å². The maximum atomic E-state index is 13.3. The summed E-state index contributed by atoms with van der Waals surface area (Å²) in [5.74, 6) is 1.42. The molecule has 1 unspecified atom stereocenters. The number of halogens is 3. The molecule has 1 heterocycles. The Balaban J connectivity index is 0.00000312. The molecule has 138 valence electrons. The number of hydrogen-bond donors (Lipinski definition) is 3. The van der Waals surface area contributed by atoms with E-state index in [1.165, 1.54) is 12.1 Å². The molecule has 1 aromatic carbocycles. The highest BCUT2D eigenvalue weighted by atomic mass is 127. The molecule has 0 aliphatic heterocycles. The number of guanidine groups is 1. The van der Waals surface area contributed by atoms with E-state index < -0.39 is 5.60 Å². The molecule has 0 amide bonds. The fourth-order valence-corrected chi connectivity index (χ4v) is 2.53. The Morgan fingerprint density at radius 3 is 2.64 bits per heavy atom. The normalized spacial score (nSPS) is 13.8. The van der Waals surface area contributed by atoms with Gasteiger partial charge in [0.05, 0.1) is 6.54 Å². The molecule has 0 fully saturated rings. The van der Waals surface area contributed by atoms with E-state index in [0.717, 1.165) is 15.8 Å². The fraction of sp³-hybridized carbons (Fsp3) is 0.353. The summed E-state index contributed by atoms with van der Waals surface area (Å²) in [5, 5.41) is 16.6. The van der Waals surface area contributed by atoms with Gasteiger partial charge >= 0.3 is 0 Å². The second-order valence-electron chi connectivity index (χ2n) is 5.70. The number of nitrogens with zero attached hydrogens (tertiary/aromatic N) is 1. The summed E-state index contributed by atoms with van der Waals surface area (Å²) >= 11 is 3.39. The third-order valence-electron chi connectivity index (χ3n) is 3.55. The lowest BCUT2D eigenvalue weighted by atomic mass is 10.0. The number of benzene rings is 1. The molecule has 0 saturated heterocycles. The van der Waals surface area contributed by atoms with E-state index in [4.69, 9.17) is 4.42 Å². The second kappa shape index (κ2) is 9.54. The first-order chi connectivity index (χ1) is 11.3. The van der Waals surface area contributed by atoms with Gasteiger partial charge in [0.15, 0.2) is 5.96 Å². The standard InChI is InChI=1S/C17H21BrFN3O2.HI/c1-11-4-7-15(24-11)17(2,23)10-22-16(20-3)21-9-12-8-13(19)5-6-14(12)18;/h4-8,23H,9-10H2,1-3H3,(H2,20,21,22);1H. The molecule has 2 aromatic rings. The maximum Gasteiger partial charge on any atom is 0.191 e. The Morgan fingerprint density at radius 1 is 1.32 bits per heavy atom. The van der Waals surface area contributed by atoms with Crippen LogP contribution in [0.25, 0.3) is 0 Å². The summed E-state index contributed by atoms with van der Waals surface area (Å²) in [6.45, 7) is 4.09. The van der Waals surface area contributed by atoms with Crippen LogP contribution in [0.4, 0.5) is 4.39 Å². The van der Waals surface area contributed by atoms with Gasteiger partial charge in [-0.1, -0.05) is 15.9 Å². The van der Waals surface area contributed by atoms with Gasteiger partial charge in [0, 0.05) is 18.1 Å². The lowest BCUT2D eigenvalue weighted by Gasteiger charge is -2.23. The van der Waals surface area contributed by atoms with Crippen molar-refractivity contribution in [3.05, 3.63) is 57.7 Å². The van der Waals surface area contributed by atoms with Crippen molar-refractivity contribution in [1.29, 1.82) is 0 Å². The molecular formula is C17H22BrFIN3O2. The Morgan fingerprint density at radius 2 is 2.04 bits per heavy atom. The van der Waals surface area contributed by atoms with E-state index in [1.54, 1.807) is 32.2 Å². The van der Waals surface area contributed by atoms with E-state index in [1.807, 2.05) is 6.92 Å². The number of hydrogen-bond acceptors (Lipinski definition) is 3. The molecule has 0 bridgehead atoms. The number of aliphatic imine (C=N–C) groups is 1. The van der Waals surface area contributed by atoms with Crippen molar-refractivity contribution in [2.75, 3.05) is 13.6 Å². The SMILES string of the molecule is CN=C(NCc1cc(F)ccc1Br)NCC(C)(O)c1ccc(C)o1.I. The zero-order valence-electron chi connectivity index (χ0n) is 14.3. The van der Waals surface area contributed by atoms with Crippen LogP contribution in [0.2, 0.25) is 0 Å². The largest absolute Gasteiger partial charge is 0.463 e. The van der Waals surface area contributed by atoms with Gasteiger partial charge < -0.3 is 20.2 Å². The van der Waals surface area contributed by atoms with Gasteiger partial charge in [-0.15, -0.1) is 24.0 Å². The van der Waals surface area contributed by atoms with Crippen molar-refractivity contribution in [3.63, 3.8) is 0 Å². The van der Waals surface area contributed by atoms with Crippen molar-refractivity contribution < 1.29 is 13.9 Å². The summed E-state index contributed by atoms with van der Waals surface area (Å²) < 4.78 is 19.6. The topological polar surface area (TPSA) is 69.8 Å². The average Bonchev–Trinajstić information content (AvgIpc) is 2.98. The van der Waals surface area contributed by atoms with Gasteiger partial charge in [-0.25, -0.2) is 4.39 Å². The molecule has 8 heteroatoms. The number of nitrogens with one attached hydrogen (secondary N) is 2. The number of aliphatic hydroxyl groups is 1. The van der Waals surface area contributed by atoms with Crippen LogP contribution in [0.5, 0.6) is 0 Å². The highest BCUT2D eigenvalue weighted by Crippen LogP contribution is 2.22. The summed E-state index contributed by atoms with van der Waals surface area (Å²) in [5.41, 5.74) is -0.405. The predicted molar refractivity (Wildman–Crippen MR) is 111 cm³/mol. The average molecular weight is 526 g/mol. The first-order valence-corrected chi connectivity index (χ1v) is 8.29. The molecule has 5 nitrogen and oxygen atoms in total. The highest BCUT2D eigenvalue weighted by molar-refractivity contribution is 14.0. The van der Waals surface area contributed by atoms with Gasteiger partial charge in [0.1, 0.15) is 22.9 Å². The Hall–Kier alpha value is -1.13. The second-order valence-corrected chi connectivity index (χ2v) is 6.55. The number of rotatable bonds is 5. The number of furan rings is 1. The Labute approximate surface area is 172 Å². The molecule has 0 aliphatic rings. The zero-order chi connectivity index (χ0) is 17.7. The Bertz CT molecular complexity index is 734. The molecular weight excluding hydrogens is 504 g/mol. The fourth-order valence-electron chi connectivity index (χ4n) is 2.15.